The van der Waals surface area contributed by atoms with Crippen molar-refractivity contribution in [2.24, 2.45) is 0 Å². The molecule has 0 aliphatic carbocycles. The molecule has 6 nitrogen and oxygen atoms in total. The van der Waals surface area contributed by atoms with Gasteiger partial charge in [0.05, 0.1) is 24.1 Å². The summed E-state index contributed by atoms with van der Waals surface area (Å²) in [7, 11) is 0. The number of aromatic amines is 1. The number of para-hydroxylation sites is 1. The van der Waals surface area contributed by atoms with Gasteiger partial charge in [-0.15, -0.1) is 0 Å². The van der Waals surface area contributed by atoms with Gasteiger partial charge in [-0.05, 0) is 32.4 Å². The number of carbonyl (C=O) groups excluding carboxylic acids is 3. The maximum absolute atomic E-state index is 12.9. The topological polar surface area (TPSA) is 88.3 Å². The lowest BCUT2D eigenvalue weighted by Gasteiger charge is -2.19. The third-order valence-corrected chi connectivity index (χ3v) is 4.57. The predicted octanol–water partition coefficient (Wildman–Crippen LogP) is 3.86. The van der Waals surface area contributed by atoms with Crippen LogP contribution in [0.5, 0.6) is 0 Å². The number of hydrogen-bond donors (Lipinski definition) is 2. The zero-order valence-electron chi connectivity index (χ0n) is 16.7. The second-order valence-corrected chi connectivity index (χ2v) is 7.18. The number of carbonyl (C=O) groups is 3. The van der Waals surface area contributed by atoms with Gasteiger partial charge in [0.1, 0.15) is 0 Å². The number of amides is 1. The molecule has 0 fully saturated rings. The Bertz CT molecular complexity index is 1040. The summed E-state index contributed by atoms with van der Waals surface area (Å²) in [6.45, 7) is 5.28. The lowest BCUT2D eigenvalue weighted by molar-refractivity contribution is -0.148. The van der Waals surface area contributed by atoms with Crippen LogP contribution in [0.3, 0.4) is 0 Å². The normalized spacial score (nSPS) is 12.0. The molecular formula is C23H24N2O4. The smallest absolute Gasteiger partial charge is 0.308 e. The van der Waals surface area contributed by atoms with E-state index < -0.39 is 23.7 Å². The van der Waals surface area contributed by atoms with Gasteiger partial charge in [-0.25, -0.2) is 0 Å². The first-order valence-electron chi connectivity index (χ1n) is 9.53. The molecule has 1 aromatic heterocycles. The largest absolute Gasteiger partial charge is 0.463 e. The number of nitrogens with one attached hydrogen (secondary N) is 2. The van der Waals surface area contributed by atoms with Crippen LogP contribution in [0.25, 0.3) is 10.9 Å². The zero-order valence-corrected chi connectivity index (χ0v) is 16.7. The molecule has 1 heterocycles. The van der Waals surface area contributed by atoms with E-state index in [0.717, 1.165) is 11.1 Å². The Hall–Kier alpha value is -3.41. The van der Waals surface area contributed by atoms with Crippen LogP contribution in [0.15, 0.2) is 54.6 Å². The van der Waals surface area contributed by atoms with Gasteiger partial charge in [0.25, 0.3) is 11.7 Å². The average Bonchev–Trinajstić information content (AvgIpc) is 3.02. The highest BCUT2D eigenvalue weighted by Crippen LogP contribution is 2.23. The molecule has 1 unspecified atom stereocenters. The Morgan fingerprint density at radius 2 is 1.66 bits per heavy atom. The fourth-order valence-corrected chi connectivity index (χ4v) is 3.32. The monoisotopic (exact) mass is 392 g/mol. The molecule has 6 heteroatoms. The van der Waals surface area contributed by atoms with E-state index in [4.69, 9.17) is 4.74 Å². The highest BCUT2D eigenvalue weighted by atomic mass is 16.5. The summed E-state index contributed by atoms with van der Waals surface area (Å²) in [6.07, 6.45) is -0.321. The van der Waals surface area contributed by atoms with Gasteiger partial charge in [0.2, 0.25) is 0 Å². The first-order chi connectivity index (χ1) is 13.9. The Labute approximate surface area is 169 Å². The maximum Gasteiger partial charge on any atom is 0.308 e. The number of H-pyrrole nitrogens is 1. The van der Waals surface area contributed by atoms with Gasteiger partial charge in [-0.2, -0.15) is 0 Å². The summed E-state index contributed by atoms with van der Waals surface area (Å²) < 4.78 is 5.21. The fourth-order valence-electron chi connectivity index (χ4n) is 3.32. The number of fused-ring (bicyclic) bond motifs is 1. The molecular weight excluding hydrogens is 368 g/mol. The van der Waals surface area contributed by atoms with Gasteiger partial charge in [0, 0.05) is 16.6 Å². The van der Waals surface area contributed by atoms with Gasteiger partial charge in [-0.3, -0.25) is 14.4 Å². The maximum atomic E-state index is 12.9. The molecule has 0 spiro atoms. The first kappa shape index (κ1) is 20.3. The Morgan fingerprint density at radius 1 is 1.00 bits per heavy atom. The highest BCUT2D eigenvalue weighted by molar-refractivity contribution is 6.45. The molecule has 3 rings (SSSR count). The highest BCUT2D eigenvalue weighted by Gasteiger charge is 2.27. The van der Waals surface area contributed by atoms with Gasteiger partial charge >= 0.3 is 5.97 Å². The Balaban J connectivity index is 1.84. The number of esters is 1. The van der Waals surface area contributed by atoms with Gasteiger partial charge < -0.3 is 15.0 Å². The lowest BCUT2D eigenvalue weighted by atomic mass is 10.0. The number of Topliss-reactive ketones (excluding diaryl/α,β-unsaturated/α-hetero) is 1. The van der Waals surface area contributed by atoms with Crippen molar-refractivity contribution in [3.63, 3.8) is 0 Å². The molecule has 0 aliphatic heterocycles. The van der Waals surface area contributed by atoms with E-state index in [2.05, 4.69) is 10.3 Å². The predicted molar refractivity (Wildman–Crippen MR) is 111 cm³/mol. The molecule has 29 heavy (non-hydrogen) atoms. The van der Waals surface area contributed by atoms with Crippen LogP contribution in [0, 0.1) is 6.92 Å². The minimum absolute atomic E-state index is 0.0614. The minimum Gasteiger partial charge on any atom is -0.463 e. The number of hydrogen-bond acceptors (Lipinski definition) is 4. The number of benzene rings is 2. The van der Waals surface area contributed by atoms with Crippen molar-refractivity contribution in [3.8, 4) is 0 Å². The van der Waals surface area contributed by atoms with Crippen molar-refractivity contribution in [1.29, 1.82) is 0 Å². The number of aromatic nitrogens is 1. The van der Waals surface area contributed by atoms with E-state index in [9.17, 15) is 14.4 Å². The Kier molecular flexibility index (Phi) is 6.12. The molecule has 0 aliphatic rings. The molecule has 0 bridgehead atoms. The molecule has 3 aromatic rings. The standard InChI is InChI=1S/C23H24N2O4/c1-14(2)29-20(26)13-19(16-9-5-4-6-10-16)25-23(28)22(27)21-15(3)24-18-12-8-7-11-17(18)21/h4-12,14,19,24H,13H2,1-3H3,(H,25,28). The van der Waals surface area contributed by atoms with Crippen LogP contribution < -0.4 is 5.32 Å². The van der Waals surface area contributed by atoms with Crippen molar-refractivity contribution >= 4 is 28.6 Å². The zero-order chi connectivity index (χ0) is 21.0. The van der Waals surface area contributed by atoms with Crippen LogP contribution in [0.4, 0.5) is 0 Å². The van der Waals surface area contributed by atoms with Crippen LogP contribution in [0.1, 0.15) is 47.9 Å². The first-order valence-corrected chi connectivity index (χ1v) is 9.53. The second kappa shape index (κ2) is 8.73. The average molecular weight is 392 g/mol. The summed E-state index contributed by atoms with van der Waals surface area (Å²) in [5.41, 5.74) is 2.49. The number of rotatable bonds is 7. The Morgan fingerprint density at radius 3 is 2.34 bits per heavy atom. The van der Waals surface area contributed by atoms with Crippen LogP contribution >= 0.6 is 0 Å². The van der Waals surface area contributed by atoms with Crippen molar-refractivity contribution in [1.82, 2.24) is 10.3 Å². The number of ether oxygens (including phenoxy) is 1. The van der Waals surface area contributed by atoms with Gasteiger partial charge in [-0.1, -0.05) is 48.5 Å². The van der Waals surface area contributed by atoms with Crippen LogP contribution in [-0.2, 0) is 14.3 Å². The fraction of sp³-hybridized carbons (Fsp3) is 0.261. The van der Waals surface area contributed by atoms with E-state index >= 15 is 0 Å². The van der Waals surface area contributed by atoms with Gasteiger partial charge in [0.15, 0.2) is 0 Å². The minimum atomic E-state index is -0.760. The molecule has 0 radical (unpaired) electrons. The molecule has 1 atom stereocenters. The summed E-state index contributed by atoms with van der Waals surface area (Å²) in [6, 6.07) is 15.7. The van der Waals surface area contributed by atoms with Crippen molar-refractivity contribution < 1.29 is 19.1 Å². The van der Waals surface area contributed by atoms with Crippen molar-refractivity contribution in [2.45, 2.75) is 39.3 Å². The molecule has 2 N–H and O–H groups in total. The van der Waals surface area contributed by atoms with Crippen molar-refractivity contribution in [3.05, 3.63) is 71.4 Å². The summed E-state index contributed by atoms with van der Waals surface area (Å²) in [5, 5.41) is 3.41. The van der Waals surface area contributed by atoms with Crippen LogP contribution in [0.2, 0.25) is 0 Å². The van der Waals surface area contributed by atoms with Crippen molar-refractivity contribution in [2.75, 3.05) is 0 Å². The van der Waals surface area contributed by atoms with E-state index in [-0.39, 0.29) is 12.5 Å². The third-order valence-electron chi connectivity index (χ3n) is 4.57. The van der Waals surface area contributed by atoms with E-state index in [1.165, 1.54) is 0 Å². The SMILES string of the molecule is Cc1[nH]c2ccccc2c1C(=O)C(=O)NC(CC(=O)OC(C)C)c1ccccc1. The molecule has 2 aromatic carbocycles. The summed E-state index contributed by atoms with van der Waals surface area (Å²) in [5.74, 6) is -1.84. The molecule has 150 valence electrons. The quantitative estimate of drug-likeness (QED) is 0.363. The number of ketones is 1. The third kappa shape index (κ3) is 4.71. The summed E-state index contributed by atoms with van der Waals surface area (Å²) >= 11 is 0. The molecule has 0 saturated carbocycles. The molecule has 0 saturated heterocycles. The van der Waals surface area contributed by atoms with E-state index in [0.29, 0.717) is 16.6 Å². The lowest BCUT2D eigenvalue weighted by Crippen LogP contribution is -2.36. The van der Waals surface area contributed by atoms with E-state index in [1.54, 1.807) is 39.0 Å². The molecule has 1 amide bonds. The number of aryl methyl sites for hydroxylation is 1. The van der Waals surface area contributed by atoms with Crippen LogP contribution in [-0.4, -0.2) is 28.7 Å². The van der Waals surface area contributed by atoms with E-state index in [1.807, 2.05) is 36.4 Å². The summed E-state index contributed by atoms with van der Waals surface area (Å²) in [4.78, 5) is 41.0. The second-order valence-electron chi connectivity index (χ2n) is 7.18.